The van der Waals surface area contributed by atoms with Gasteiger partial charge in [0, 0.05) is 31.1 Å². The first-order valence-electron chi connectivity index (χ1n) is 9.62. The van der Waals surface area contributed by atoms with Crippen molar-refractivity contribution in [1.82, 2.24) is 14.9 Å². The second kappa shape index (κ2) is 7.72. The highest BCUT2D eigenvalue weighted by molar-refractivity contribution is 8.01. The van der Waals surface area contributed by atoms with Gasteiger partial charge in [-0.2, -0.15) is 0 Å². The summed E-state index contributed by atoms with van der Waals surface area (Å²) in [7, 11) is 0. The molecule has 2 unspecified atom stereocenters. The number of benzene rings is 1. The fraction of sp³-hybridized carbons (Fsp3) is 0.381. The Kier molecular flexibility index (Phi) is 4.94. The number of piperidine rings is 1. The van der Waals surface area contributed by atoms with Gasteiger partial charge in [-0.25, -0.2) is 4.98 Å². The van der Waals surface area contributed by atoms with Crippen molar-refractivity contribution in [2.45, 2.75) is 48.2 Å². The second-order valence-electron chi connectivity index (χ2n) is 7.32. The van der Waals surface area contributed by atoms with E-state index in [2.05, 4.69) is 20.9 Å². The number of amides is 1. The third-order valence-electron chi connectivity index (χ3n) is 5.51. The highest BCUT2D eigenvalue weighted by Gasteiger charge is 2.43. The van der Waals surface area contributed by atoms with Crippen molar-refractivity contribution in [2.75, 3.05) is 5.75 Å². The molecule has 3 aromatic rings. The molecule has 0 N–H and O–H groups in total. The van der Waals surface area contributed by atoms with Crippen LogP contribution in [0, 0.1) is 0 Å². The summed E-state index contributed by atoms with van der Waals surface area (Å²) in [4.78, 5) is 23.8. The molecule has 5 nitrogen and oxygen atoms in total. The van der Waals surface area contributed by atoms with Gasteiger partial charge in [0.2, 0.25) is 5.91 Å². The smallest absolute Gasteiger partial charge is 0.233 e. The standard InChI is InChI=1S/C21H21N3O2S2/c25-20(13-27-21-23-18-5-1-2-6-19(18)28-21)24-14-7-8-15(24)11-17(10-14)26-16-4-3-9-22-12-16/h1-6,9,12,14-15,17H,7-8,10-11,13H2. The maximum absolute atomic E-state index is 12.9. The molecule has 1 amide bonds. The number of hydrogen-bond acceptors (Lipinski definition) is 6. The molecule has 4 heterocycles. The second-order valence-corrected chi connectivity index (χ2v) is 9.58. The van der Waals surface area contributed by atoms with Crippen molar-refractivity contribution in [2.24, 2.45) is 0 Å². The summed E-state index contributed by atoms with van der Waals surface area (Å²) in [5.41, 5.74) is 1.01. The first-order valence-corrected chi connectivity index (χ1v) is 11.4. The van der Waals surface area contributed by atoms with Gasteiger partial charge in [0.05, 0.1) is 22.2 Å². The van der Waals surface area contributed by atoms with Gasteiger partial charge in [-0.3, -0.25) is 9.78 Å². The summed E-state index contributed by atoms with van der Waals surface area (Å²) < 4.78 is 8.25. The summed E-state index contributed by atoms with van der Waals surface area (Å²) in [6, 6.07) is 12.5. The van der Waals surface area contributed by atoms with E-state index in [1.165, 1.54) is 4.70 Å². The average molecular weight is 412 g/mol. The number of aromatic nitrogens is 2. The zero-order chi connectivity index (χ0) is 18.9. The van der Waals surface area contributed by atoms with E-state index < -0.39 is 0 Å². The van der Waals surface area contributed by atoms with E-state index in [4.69, 9.17) is 4.74 Å². The van der Waals surface area contributed by atoms with E-state index in [1.54, 1.807) is 35.5 Å². The number of para-hydroxylation sites is 1. The van der Waals surface area contributed by atoms with Crippen molar-refractivity contribution in [3.8, 4) is 5.75 Å². The molecule has 7 heteroatoms. The molecule has 1 aromatic carbocycles. The quantitative estimate of drug-likeness (QED) is 0.583. The molecular weight excluding hydrogens is 390 g/mol. The molecule has 0 saturated carbocycles. The number of carbonyl (C=O) groups is 1. The molecule has 2 aromatic heterocycles. The fourth-order valence-corrected chi connectivity index (χ4v) is 6.29. The Morgan fingerprint density at radius 1 is 1.18 bits per heavy atom. The van der Waals surface area contributed by atoms with Gasteiger partial charge < -0.3 is 9.64 Å². The fourth-order valence-electron chi connectivity index (χ4n) is 4.35. The lowest BCUT2D eigenvalue weighted by Gasteiger charge is -2.38. The number of rotatable bonds is 5. The number of pyridine rings is 1. The third kappa shape index (κ3) is 3.61. The maximum atomic E-state index is 12.9. The van der Waals surface area contributed by atoms with Gasteiger partial charge >= 0.3 is 0 Å². The van der Waals surface area contributed by atoms with E-state index in [1.807, 2.05) is 30.3 Å². The minimum atomic E-state index is 0.169. The van der Waals surface area contributed by atoms with E-state index in [-0.39, 0.29) is 12.0 Å². The lowest BCUT2D eigenvalue weighted by atomic mass is 9.99. The first kappa shape index (κ1) is 17.9. The molecule has 2 fully saturated rings. The molecule has 144 valence electrons. The molecule has 5 rings (SSSR count). The number of hydrogen-bond donors (Lipinski definition) is 0. The van der Waals surface area contributed by atoms with Crippen LogP contribution < -0.4 is 4.74 Å². The van der Waals surface area contributed by atoms with Crippen LogP contribution in [0.3, 0.4) is 0 Å². The Morgan fingerprint density at radius 3 is 2.75 bits per heavy atom. The third-order valence-corrected chi connectivity index (χ3v) is 7.67. The van der Waals surface area contributed by atoms with Crippen molar-refractivity contribution in [1.29, 1.82) is 0 Å². The molecule has 2 aliphatic rings. The van der Waals surface area contributed by atoms with Crippen LogP contribution in [0.2, 0.25) is 0 Å². The molecular formula is C21H21N3O2S2. The summed E-state index contributed by atoms with van der Waals surface area (Å²) in [6.07, 6.45) is 7.65. The molecule has 2 saturated heterocycles. The van der Waals surface area contributed by atoms with Gasteiger partial charge in [0.1, 0.15) is 11.9 Å². The number of nitrogens with zero attached hydrogens (tertiary/aromatic N) is 3. The predicted octanol–water partition coefficient (Wildman–Crippen LogP) is 4.38. The monoisotopic (exact) mass is 411 g/mol. The highest BCUT2D eigenvalue weighted by atomic mass is 32.2. The largest absolute Gasteiger partial charge is 0.489 e. The van der Waals surface area contributed by atoms with E-state index in [0.29, 0.717) is 17.8 Å². The molecule has 28 heavy (non-hydrogen) atoms. The van der Waals surface area contributed by atoms with E-state index >= 15 is 0 Å². The van der Waals surface area contributed by atoms with Crippen LogP contribution in [0.15, 0.2) is 53.1 Å². The summed E-state index contributed by atoms with van der Waals surface area (Å²) in [6.45, 7) is 0. The Labute approximate surface area is 172 Å². The van der Waals surface area contributed by atoms with Crippen LogP contribution in [-0.2, 0) is 4.79 Å². The van der Waals surface area contributed by atoms with E-state index in [0.717, 1.165) is 41.3 Å². The summed E-state index contributed by atoms with van der Waals surface area (Å²) >= 11 is 3.22. The molecule has 0 radical (unpaired) electrons. The molecule has 0 aliphatic carbocycles. The maximum Gasteiger partial charge on any atom is 0.233 e. The topological polar surface area (TPSA) is 55.3 Å². The van der Waals surface area contributed by atoms with Crippen LogP contribution >= 0.6 is 23.1 Å². The lowest BCUT2D eigenvalue weighted by molar-refractivity contribution is -0.134. The van der Waals surface area contributed by atoms with Gasteiger partial charge in [-0.1, -0.05) is 23.9 Å². The van der Waals surface area contributed by atoms with Gasteiger partial charge in [0.25, 0.3) is 0 Å². The highest BCUT2D eigenvalue weighted by Crippen LogP contribution is 2.38. The Morgan fingerprint density at radius 2 is 2.00 bits per heavy atom. The SMILES string of the molecule is O=C(CSc1nc2ccccc2s1)N1C2CCC1CC(Oc1cccnc1)C2. The minimum absolute atomic E-state index is 0.169. The molecule has 0 spiro atoms. The zero-order valence-electron chi connectivity index (χ0n) is 15.4. The van der Waals surface area contributed by atoms with Crippen molar-refractivity contribution < 1.29 is 9.53 Å². The molecule has 2 bridgehead atoms. The Hall–Kier alpha value is -2.12. The van der Waals surface area contributed by atoms with Gasteiger partial charge in [-0.15, -0.1) is 11.3 Å². The normalized spacial score (nSPS) is 23.9. The Balaban J connectivity index is 1.20. The van der Waals surface area contributed by atoms with Crippen LogP contribution in [0.1, 0.15) is 25.7 Å². The Bertz CT molecular complexity index is 931. The van der Waals surface area contributed by atoms with Crippen LogP contribution in [0.4, 0.5) is 0 Å². The molecule has 2 aliphatic heterocycles. The van der Waals surface area contributed by atoms with Crippen molar-refractivity contribution in [3.05, 3.63) is 48.8 Å². The first-order chi connectivity index (χ1) is 13.8. The van der Waals surface area contributed by atoms with Crippen molar-refractivity contribution >= 4 is 39.2 Å². The van der Waals surface area contributed by atoms with Gasteiger partial charge in [-0.05, 0) is 37.1 Å². The van der Waals surface area contributed by atoms with Crippen molar-refractivity contribution in [3.63, 3.8) is 0 Å². The average Bonchev–Trinajstić information content (AvgIpc) is 3.25. The minimum Gasteiger partial charge on any atom is -0.489 e. The number of thioether (sulfide) groups is 1. The van der Waals surface area contributed by atoms with Crippen LogP contribution in [0.25, 0.3) is 10.2 Å². The van der Waals surface area contributed by atoms with Gasteiger partial charge in [0.15, 0.2) is 4.34 Å². The number of fused-ring (bicyclic) bond motifs is 3. The van der Waals surface area contributed by atoms with Crippen LogP contribution in [-0.4, -0.2) is 44.7 Å². The zero-order valence-corrected chi connectivity index (χ0v) is 17.0. The number of carbonyl (C=O) groups excluding carboxylic acids is 1. The lowest BCUT2D eigenvalue weighted by Crippen LogP contribution is -2.49. The summed E-state index contributed by atoms with van der Waals surface area (Å²) in [5.74, 6) is 1.51. The summed E-state index contributed by atoms with van der Waals surface area (Å²) in [5, 5.41) is 0. The predicted molar refractivity (Wildman–Crippen MR) is 112 cm³/mol. The number of thiazole rings is 1. The molecule has 2 atom stereocenters. The van der Waals surface area contributed by atoms with Crippen LogP contribution in [0.5, 0.6) is 5.75 Å². The van der Waals surface area contributed by atoms with E-state index in [9.17, 15) is 4.79 Å². The number of ether oxygens (including phenoxy) is 1.